The van der Waals surface area contributed by atoms with E-state index >= 15 is 0 Å². The van der Waals surface area contributed by atoms with Gasteiger partial charge in [0.2, 0.25) is 0 Å². The van der Waals surface area contributed by atoms with Crippen LogP contribution in [0.1, 0.15) is 57.1 Å². The van der Waals surface area contributed by atoms with Gasteiger partial charge in [-0.1, -0.05) is 56.5 Å². The van der Waals surface area contributed by atoms with Crippen LogP contribution in [-0.2, 0) is 5.54 Å². The number of aryl methyl sites for hydroxylation is 1. The Labute approximate surface area is 112 Å². The summed E-state index contributed by atoms with van der Waals surface area (Å²) in [6.07, 6.45) is 6.59. The van der Waals surface area contributed by atoms with Crippen LogP contribution >= 0.6 is 0 Å². The Bertz CT molecular complexity index is 373. The molecule has 0 bridgehead atoms. The Hall–Kier alpha value is -0.820. The molecule has 1 N–H and O–H groups in total. The summed E-state index contributed by atoms with van der Waals surface area (Å²) in [6.45, 7) is 8.04. The van der Waals surface area contributed by atoms with E-state index in [1.807, 2.05) is 0 Å². The molecule has 0 aromatic heterocycles. The molecule has 18 heavy (non-hydrogen) atoms. The van der Waals surface area contributed by atoms with Gasteiger partial charge in [0.1, 0.15) is 0 Å². The third-order valence-corrected chi connectivity index (χ3v) is 4.07. The van der Waals surface area contributed by atoms with E-state index in [2.05, 4.69) is 50.4 Å². The van der Waals surface area contributed by atoms with Crippen LogP contribution in [0, 0.1) is 12.8 Å². The first-order valence-corrected chi connectivity index (χ1v) is 7.44. The van der Waals surface area contributed by atoms with Crippen molar-refractivity contribution in [3.05, 3.63) is 35.4 Å². The number of rotatable bonds is 3. The van der Waals surface area contributed by atoms with Gasteiger partial charge in [0.15, 0.2) is 0 Å². The first-order valence-electron chi connectivity index (χ1n) is 7.44. The van der Waals surface area contributed by atoms with E-state index in [0.29, 0.717) is 0 Å². The maximum atomic E-state index is 3.87. The van der Waals surface area contributed by atoms with E-state index < -0.39 is 0 Å². The van der Waals surface area contributed by atoms with Gasteiger partial charge in [0, 0.05) is 5.54 Å². The molecule has 1 aromatic carbocycles. The molecule has 0 aliphatic carbocycles. The highest BCUT2D eigenvalue weighted by Crippen LogP contribution is 2.36. The summed E-state index contributed by atoms with van der Waals surface area (Å²) in [5.74, 6) is 0.733. The van der Waals surface area contributed by atoms with Crippen LogP contribution in [0.4, 0.5) is 0 Å². The predicted molar refractivity (Wildman–Crippen MR) is 78.8 cm³/mol. The SMILES string of the molecule is Cc1cccc(C2(CC(C)C)CCCCCN2)c1. The minimum absolute atomic E-state index is 0.219. The van der Waals surface area contributed by atoms with Gasteiger partial charge in [-0.05, 0) is 44.2 Å². The molecule has 0 spiro atoms. The average Bonchev–Trinajstić information content (AvgIpc) is 2.55. The number of benzene rings is 1. The summed E-state index contributed by atoms with van der Waals surface area (Å²) < 4.78 is 0. The normalized spacial score (nSPS) is 25.1. The van der Waals surface area contributed by atoms with Crippen molar-refractivity contribution in [2.75, 3.05) is 6.54 Å². The quantitative estimate of drug-likeness (QED) is 0.832. The first kappa shape index (κ1) is 13.6. The van der Waals surface area contributed by atoms with Crippen molar-refractivity contribution < 1.29 is 0 Å². The van der Waals surface area contributed by atoms with Crippen LogP contribution in [0.5, 0.6) is 0 Å². The summed E-state index contributed by atoms with van der Waals surface area (Å²) in [5.41, 5.74) is 3.09. The molecule has 1 nitrogen and oxygen atoms in total. The summed E-state index contributed by atoms with van der Waals surface area (Å²) in [4.78, 5) is 0. The highest BCUT2D eigenvalue weighted by atomic mass is 15.0. The van der Waals surface area contributed by atoms with Crippen molar-refractivity contribution in [1.82, 2.24) is 5.32 Å². The van der Waals surface area contributed by atoms with E-state index in [-0.39, 0.29) is 5.54 Å². The van der Waals surface area contributed by atoms with Crippen LogP contribution < -0.4 is 5.32 Å². The molecule has 1 aromatic rings. The lowest BCUT2D eigenvalue weighted by molar-refractivity contribution is 0.263. The Morgan fingerprint density at radius 2 is 2.06 bits per heavy atom. The van der Waals surface area contributed by atoms with Gasteiger partial charge in [-0.15, -0.1) is 0 Å². The van der Waals surface area contributed by atoms with Crippen LogP contribution in [0.2, 0.25) is 0 Å². The highest BCUT2D eigenvalue weighted by Gasteiger charge is 2.33. The standard InChI is InChI=1S/C17H27N/c1-14(2)13-17(10-5-4-6-11-18-17)16-9-7-8-15(3)12-16/h7-9,12,14,18H,4-6,10-11,13H2,1-3H3. The topological polar surface area (TPSA) is 12.0 Å². The Kier molecular flexibility index (Phi) is 4.45. The Morgan fingerprint density at radius 1 is 1.22 bits per heavy atom. The molecule has 2 rings (SSSR count). The minimum atomic E-state index is 0.219. The van der Waals surface area contributed by atoms with Gasteiger partial charge in [0.05, 0.1) is 0 Å². The second kappa shape index (κ2) is 5.88. The molecular weight excluding hydrogens is 218 g/mol. The lowest BCUT2D eigenvalue weighted by atomic mass is 9.78. The smallest absolute Gasteiger partial charge is 0.0437 e. The van der Waals surface area contributed by atoms with Gasteiger partial charge in [-0.2, -0.15) is 0 Å². The minimum Gasteiger partial charge on any atom is -0.307 e. The number of hydrogen-bond acceptors (Lipinski definition) is 1. The van der Waals surface area contributed by atoms with Crippen molar-refractivity contribution >= 4 is 0 Å². The maximum absolute atomic E-state index is 3.87. The monoisotopic (exact) mass is 245 g/mol. The van der Waals surface area contributed by atoms with Crippen molar-refractivity contribution in [2.45, 2.75) is 58.4 Å². The summed E-state index contributed by atoms with van der Waals surface area (Å²) >= 11 is 0. The van der Waals surface area contributed by atoms with Gasteiger partial charge in [-0.3, -0.25) is 0 Å². The van der Waals surface area contributed by atoms with E-state index in [0.717, 1.165) is 5.92 Å². The zero-order valence-electron chi connectivity index (χ0n) is 12.1. The van der Waals surface area contributed by atoms with Gasteiger partial charge in [0.25, 0.3) is 0 Å². The van der Waals surface area contributed by atoms with Crippen LogP contribution in [0.3, 0.4) is 0 Å². The van der Waals surface area contributed by atoms with Gasteiger partial charge in [-0.25, -0.2) is 0 Å². The van der Waals surface area contributed by atoms with E-state index in [9.17, 15) is 0 Å². The van der Waals surface area contributed by atoms with E-state index in [1.165, 1.54) is 49.8 Å². The molecule has 100 valence electrons. The third kappa shape index (κ3) is 3.14. The Balaban J connectivity index is 2.33. The molecule has 0 amide bonds. The van der Waals surface area contributed by atoms with E-state index in [1.54, 1.807) is 0 Å². The lowest BCUT2D eigenvalue weighted by Gasteiger charge is -2.36. The summed E-state index contributed by atoms with van der Waals surface area (Å²) in [7, 11) is 0. The zero-order valence-corrected chi connectivity index (χ0v) is 12.1. The lowest BCUT2D eigenvalue weighted by Crippen LogP contribution is -2.43. The fourth-order valence-corrected chi connectivity index (χ4v) is 3.32. The molecule has 1 aliphatic rings. The molecular formula is C17H27N. The zero-order chi connectivity index (χ0) is 13.0. The van der Waals surface area contributed by atoms with Gasteiger partial charge >= 0.3 is 0 Å². The van der Waals surface area contributed by atoms with Crippen LogP contribution in [-0.4, -0.2) is 6.54 Å². The van der Waals surface area contributed by atoms with Gasteiger partial charge < -0.3 is 5.32 Å². The second-order valence-corrected chi connectivity index (χ2v) is 6.29. The molecule has 1 aliphatic heterocycles. The molecule has 0 radical (unpaired) electrons. The molecule has 1 fully saturated rings. The van der Waals surface area contributed by atoms with Crippen LogP contribution in [0.25, 0.3) is 0 Å². The summed E-state index contributed by atoms with van der Waals surface area (Å²) in [5, 5.41) is 3.87. The third-order valence-electron chi connectivity index (χ3n) is 4.07. The molecule has 1 atom stereocenters. The largest absolute Gasteiger partial charge is 0.307 e. The highest BCUT2D eigenvalue weighted by molar-refractivity contribution is 5.29. The number of hydrogen-bond donors (Lipinski definition) is 1. The molecule has 1 unspecified atom stereocenters. The fourth-order valence-electron chi connectivity index (χ4n) is 3.32. The van der Waals surface area contributed by atoms with Crippen molar-refractivity contribution in [1.29, 1.82) is 0 Å². The maximum Gasteiger partial charge on any atom is 0.0437 e. The van der Waals surface area contributed by atoms with Crippen molar-refractivity contribution in [2.24, 2.45) is 5.92 Å². The van der Waals surface area contributed by atoms with E-state index in [4.69, 9.17) is 0 Å². The van der Waals surface area contributed by atoms with Crippen molar-refractivity contribution in [3.8, 4) is 0 Å². The van der Waals surface area contributed by atoms with Crippen LogP contribution in [0.15, 0.2) is 24.3 Å². The predicted octanol–water partition coefficient (Wildman–Crippen LogP) is 4.40. The Morgan fingerprint density at radius 3 is 2.78 bits per heavy atom. The fraction of sp³-hybridized carbons (Fsp3) is 0.647. The molecule has 1 saturated heterocycles. The molecule has 0 saturated carbocycles. The van der Waals surface area contributed by atoms with Crippen molar-refractivity contribution in [3.63, 3.8) is 0 Å². The average molecular weight is 245 g/mol. The molecule has 1 heterocycles. The number of nitrogens with one attached hydrogen (secondary N) is 1. The summed E-state index contributed by atoms with van der Waals surface area (Å²) in [6, 6.07) is 9.09. The first-order chi connectivity index (χ1) is 8.62. The molecule has 1 heteroatoms. The second-order valence-electron chi connectivity index (χ2n) is 6.29.